The summed E-state index contributed by atoms with van der Waals surface area (Å²) in [5, 5.41) is 0. The standard InChI is InChI=1S/C16H21ClN2O/c1-12-5-3-6-13-15(12)18-14(7-9-17)19(13)11-16(2)8-4-10-20-16/h3,5-6H,4,7-11H2,1-2H3. The maximum atomic E-state index is 5.94. The molecule has 3 rings (SSSR count). The third-order valence-electron chi connectivity index (χ3n) is 4.17. The van der Waals surface area contributed by atoms with E-state index < -0.39 is 0 Å². The largest absolute Gasteiger partial charge is 0.373 e. The molecular formula is C16H21ClN2O. The Morgan fingerprint density at radius 2 is 2.30 bits per heavy atom. The molecule has 2 aromatic rings. The van der Waals surface area contributed by atoms with Gasteiger partial charge < -0.3 is 9.30 Å². The van der Waals surface area contributed by atoms with Crippen molar-refractivity contribution in [1.29, 1.82) is 0 Å². The molecule has 1 aromatic heterocycles. The summed E-state index contributed by atoms with van der Waals surface area (Å²) in [6, 6.07) is 6.35. The maximum absolute atomic E-state index is 5.94. The number of nitrogens with zero attached hydrogens (tertiary/aromatic N) is 2. The summed E-state index contributed by atoms with van der Waals surface area (Å²) >= 11 is 5.94. The molecule has 1 aliphatic heterocycles. The van der Waals surface area contributed by atoms with Crippen LogP contribution in [0.4, 0.5) is 0 Å². The van der Waals surface area contributed by atoms with E-state index in [2.05, 4.69) is 36.6 Å². The number of aromatic nitrogens is 2. The van der Waals surface area contributed by atoms with E-state index in [1.165, 1.54) is 11.1 Å². The predicted molar refractivity (Wildman–Crippen MR) is 82.5 cm³/mol. The SMILES string of the molecule is Cc1cccc2c1nc(CCCl)n2CC1(C)CCCO1. The highest BCUT2D eigenvalue weighted by atomic mass is 35.5. The van der Waals surface area contributed by atoms with E-state index in [1.807, 2.05) is 0 Å². The molecule has 0 saturated carbocycles. The van der Waals surface area contributed by atoms with Gasteiger partial charge in [-0.2, -0.15) is 0 Å². The van der Waals surface area contributed by atoms with E-state index in [0.717, 1.165) is 43.8 Å². The maximum Gasteiger partial charge on any atom is 0.111 e. The van der Waals surface area contributed by atoms with Crippen molar-refractivity contribution >= 4 is 22.6 Å². The average Bonchev–Trinajstić information content (AvgIpc) is 2.98. The topological polar surface area (TPSA) is 27.1 Å². The van der Waals surface area contributed by atoms with Gasteiger partial charge in [0.25, 0.3) is 0 Å². The van der Waals surface area contributed by atoms with Gasteiger partial charge in [-0.25, -0.2) is 4.98 Å². The second-order valence-electron chi connectivity index (χ2n) is 5.90. The Morgan fingerprint density at radius 3 is 3.00 bits per heavy atom. The quantitative estimate of drug-likeness (QED) is 0.804. The third-order valence-corrected chi connectivity index (χ3v) is 4.36. The number of rotatable bonds is 4. The summed E-state index contributed by atoms with van der Waals surface area (Å²) in [4.78, 5) is 4.80. The summed E-state index contributed by atoms with van der Waals surface area (Å²) in [6.07, 6.45) is 3.05. The lowest BCUT2D eigenvalue weighted by molar-refractivity contribution is 0.00653. The fraction of sp³-hybridized carbons (Fsp3) is 0.562. The zero-order chi connectivity index (χ0) is 14.2. The normalized spacial score (nSPS) is 22.8. The number of ether oxygens (including phenoxy) is 1. The lowest BCUT2D eigenvalue weighted by Gasteiger charge is -2.25. The molecule has 4 heteroatoms. The minimum absolute atomic E-state index is 0.0710. The lowest BCUT2D eigenvalue weighted by atomic mass is 10.0. The summed E-state index contributed by atoms with van der Waals surface area (Å²) < 4.78 is 8.25. The van der Waals surface area contributed by atoms with Crippen molar-refractivity contribution in [3.05, 3.63) is 29.6 Å². The van der Waals surface area contributed by atoms with Crippen LogP contribution in [0.25, 0.3) is 11.0 Å². The molecule has 0 spiro atoms. The van der Waals surface area contributed by atoms with E-state index in [-0.39, 0.29) is 5.60 Å². The van der Waals surface area contributed by atoms with Crippen LogP contribution in [0, 0.1) is 6.92 Å². The molecule has 0 aliphatic carbocycles. The van der Waals surface area contributed by atoms with Gasteiger partial charge in [-0.3, -0.25) is 0 Å². The van der Waals surface area contributed by atoms with Crippen LogP contribution in [-0.2, 0) is 17.7 Å². The Balaban J connectivity index is 2.06. The van der Waals surface area contributed by atoms with Crippen molar-refractivity contribution in [3.8, 4) is 0 Å². The number of hydrogen-bond donors (Lipinski definition) is 0. The number of aryl methyl sites for hydroxylation is 2. The summed E-state index contributed by atoms with van der Waals surface area (Å²) in [7, 11) is 0. The van der Waals surface area contributed by atoms with E-state index in [4.69, 9.17) is 21.3 Å². The number of halogens is 1. The zero-order valence-corrected chi connectivity index (χ0v) is 12.9. The first-order chi connectivity index (χ1) is 9.63. The Labute approximate surface area is 124 Å². The molecule has 108 valence electrons. The van der Waals surface area contributed by atoms with Crippen LogP contribution in [0.3, 0.4) is 0 Å². The third kappa shape index (κ3) is 2.45. The van der Waals surface area contributed by atoms with Gasteiger partial charge in [-0.1, -0.05) is 12.1 Å². The number of para-hydroxylation sites is 1. The van der Waals surface area contributed by atoms with Crippen molar-refractivity contribution in [3.63, 3.8) is 0 Å². The van der Waals surface area contributed by atoms with E-state index in [9.17, 15) is 0 Å². The summed E-state index contributed by atoms with van der Waals surface area (Å²) in [5.74, 6) is 1.67. The van der Waals surface area contributed by atoms with Crippen LogP contribution in [-0.4, -0.2) is 27.6 Å². The van der Waals surface area contributed by atoms with Crippen LogP contribution in [0.1, 0.15) is 31.2 Å². The van der Waals surface area contributed by atoms with Crippen LogP contribution >= 0.6 is 11.6 Å². The van der Waals surface area contributed by atoms with Gasteiger partial charge in [0.2, 0.25) is 0 Å². The number of hydrogen-bond acceptors (Lipinski definition) is 2. The molecule has 0 N–H and O–H groups in total. The lowest BCUT2D eigenvalue weighted by Crippen LogP contribution is -2.30. The number of fused-ring (bicyclic) bond motifs is 1. The molecule has 20 heavy (non-hydrogen) atoms. The van der Waals surface area contributed by atoms with Crippen LogP contribution < -0.4 is 0 Å². The van der Waals surface area contributed by atoms with Gasteiger partial charge in [0.15, 0.2) is 0 Å². The average molecular weight is 293 g/mol. The number of benzene rings is 1. The molecule has 1 unspecified atom stereocenters. The highest BCUT2D eigenvalue weighted by molar-refractivity contribution is 6.17. The van der Waals surface area contributed by atoms with Gasteiger partial charge in [0.05, 0.1) is 23.2 Å². The molecule has 0 bridgehead atoms. The molecule has 1 fully saturated rings. The number of imidazole rings is 1. The van der Waals surface area contributed by atoms with E-state index in [0.29, 0.717) is 5.88 Å². The predicted octanol–water partition coefficient (Wildman–Crippen LogP) is 3.70. The van der Waals surface area contributed by atoms with Gasteiger partial charge in [0, 0.05) is 18.9 Å². The van der Waals surface area contributed by atoms with Gasteiger partial charge >= 0.3 is 0 Å². The first kappa shape index (κ1) is 13.9. The van der Waals surface area contributed by atoms with Crippen molar-refractivity contribution < 1.29 is 4.74 Å². The minimum atomic E-state index is -0.0710. The Kier molecular flexibility index (Phi) is 3.74. The summed E-state index contributed by atoms with van der Waals surface area (Å²) in [5.41, 5.74) is 3.43. The van der Waals surface area contributed by atoms with Crippen LogP contribution in [0.5, 0.6) is 0 Å². The molecule has 3 nitrogen and oxygen atoms in total. The molecular weight excluding hydrogens is 272 g/mol. The molecule has 0 amide bonds. The molecule has 1 aromatic carbocycles. The van der Waals surface area contributed by atoms with Crippen molar-refractivity contribution in [2.24, 2.45) is 0 Å². The van der Waals surface area contributed by atoms with Gasteiger partial charge in [-0.05, 0) is 38.3 Å². The smallest absolute Gasteiger partial charge is 0.111 e. The van der Waals surface area contributed by atoms with Crippen LogP contribution in [0.2, 0.25) is 0 Å². The first-order valence-electron chi connectivity index (χ1n) is 7.28. The Hall–Kier alpha value is -1.06. The number of alkyl halides is 1. The fourth-order valence-electron chi connectivity index (χ4n) is 3.08. The molecule has 1 atom stereocenters. The zero-order valence-electron chi connectivity index (χ0n) is 12.2. The molecule has 1 aliphatic rings. The van der Waals surface area contributed by atoms with Gasteiger partial charge in [-0.15, -0.1) is 11.6 Å². The molecule has 2 heterocycles. The van der Waals surface area contributed by atoms with Crippen molar-refractivity contribution in [2.45, 2.75) is 45.3 Å². The highest BCUT2D eigenvalue weighted by Gasteiger charge is 2.31. The first-order valence-corrected chi connectivity index (χ1v) is 7.81. The second-order valence-corrected chi connectivity index (χ2v) is 6.28. The monoisotopic (exact) mass is 292 g/mol. The Morgan fingerprint density at radius 1 is 1.45 bits per heavy atom. The fourth-order valence-corrected chi connectivity index (χ4v) is 3.25. The Bertz CT molecular complexity index is 614. The van der Waals surface area contributed by atoms with Gasteiger partial charge in [0.1, 0.15) is 5.82 Å². The van der Waals surface area contributed by atoms with E-state index >= 15 is 0 Å². The minimum Gasteiger partial charge on any atom is -0.373 e. The molecule has 0 radical (unpaired) electrons. The van der Waals surface area contributed by atoms with Crippen molar-refractivity contribution in [1.82, 2.24) is 9.55 Å². The molecule has 1 saturated heterocycles. The summed E-state index contributed by atoms with van der Waals surface area (Å²) in [6.45, 7) is 6.04. The van der Waals surface area contributed by atoms with E-state index in [1.54, 1.807) is 0 Å². The second kappa shape index (κ2) is 5.38. The van der Waals surface area contributed by atoms with Crippen molar-refractivity contribution in [2.75, 3.05) is 12.5 Å². The van der Waals surface area contributed by atoms with Crippen LogP contribution in [0.15, 0.2) is 18.2 Å². The highest BCUT2D eigenvalue weighted by Crippen LogP contribution is 2.30.